The Morgan fingerprint density at radius 1 is 1.10 bits per heavy atom. The van der Waals surface area contributed by atoms with Crippen molar-refractivity contribution in [3.63, 3.8) is 0 Å². The normalized spacial score (nSPS) is 13.9. The van der Waals surface area contributed by atoms with Crippen molar-refractivity contribution in [3.8, 4) is 0 Å². The van der Waals surface area contributed by atoms with E-state index in [0.717, 1.165) is 31.0 Å². The Kier molecular flexibility index (Phi) is 6.84. The van der Waals surface area contributed by atoms with Crippen molar-refractivity contribution >= 4 is 50.8 Å². The number of carbonyl (C=O) groups is 2. The second-order valence-corrected chi connectivity index (χ2v) is 8.98. The maximum Gasteiger partial charge on any atom is 0.340 e. The van der Waals surface area contributed by atoms with E-state index in [1.165, 1.54) is 18.2 Å². The topological polar surface area (TPSA) is 92.8 Å². The van der Waals surface area contributed by atoms with Crippen LogP contribution in [-0.4, -0.2) is 44.9 Å². The van der Waals surface area contributed by atoms with Gasteiger partial charge in [0.05, 0.1) is 21.3 Å². The zero-order chi connectivity index (χ0) is 21.9. The van der Waals surface area contributed by atoms with Gasteiger partial charge < -0.3 is 9.64 Å². The molecule has 0 aromatic heterocycles. The molecule has 7 nitrogen and oxygen atoms in total. The number of amides is 1. The third kappa shape index (κ3) is 5.03. The molecule has 0 bridgehead atoms. The summed E-state index contributed by atoms with van der Waals surface area (Å²) in [5.74, 6) is -2.11. The Balaban J connectivity index is 1.81. The van der Waals surface area contributed by atoms with E-state index in [-0.39, 0.29) is 27.2 Å². The number of esters is 1. The monoisotopic (exact) mass is 474 g/mol. The van der Waals surface area contributed by atoms with E-state index >= 15 is 0 Å². The highest BCUT2D eigenvalue weighted by Gasteiger charge is 2.25. The minimum absolute atomic E-state index is 0.150. The summed E-state index contributed by atoms with van der Waals surface area (Å²) in [6, 6.07) is 7.16. The molecule has 1 heterocycles. The lowest BCUT2D eigenvalue weighted by molar-refractivity contribution is -0.133. The largest absolute Gasteiger partial charge is 0.452 e. The van der Waals surface area contributed by atoms with Gasteiger partial charge >= 0.3 is 5.97 Å². The average Bonchev–Trinajstić information content (AvgIpc) is 3.22. The fourth-order valence-corrected chi connectivity index (χ4v) is 4.82. The van der Waals surface area contributed by atoms with Crippen molar-refractivity contribution in [1.29, 1.82) is 0 Å². The molecule has 1 fully saturated rings. The molecule has 0 radical (unpaired) electrons. The Hall–Kier alpha value is -2.36. The fraction of sp³-hybridized carbons (Fsp3) is 0.263. The van der Waals surface area contributed by atoms with Gasteiger partial charge in [0, 0.05) is 13.1 Å². The molecule has 1 aliphatic heterocycles. The predicted molar refractivity (Wildman–Crippen MR) is 110 cm³/mol. The van der Waals surface area contributed by atoms with Crippen LogP contribution in [0.5, 0.6) is 0 Å². The molecule has 0 aliphatic carbocycles. The highest BCUT2D eigenvalue weighted by molar-refractivity contribution is 7.92. The van der Waals surface area contributed by atoms with Crippen molar-refractivity contribution in [2.45, 2.75) is 17.7 Å². The number of nitrogens with zero attached hydrogens (tertiary/aromatic N) is 1. The lowest BCUT2D eigenvalue weighted by Gasteiger charge is -2.15. The molecule has 1 N–H and O–H groups in total. The van der Waals surface area contributed by atoms with Crippen LogP contribution in [0.4, 0.5) is 10.1 Å². The first-order valence-electron chi connectivity index (χ1n) is 8.90. The zero-order valence-corrected chi connectivity index (χ0v) is 17.9. The van der Waals surface area contributed by atoms with Gasteiger partial charge in [-0.05, 0) is 37.1 Å². The summed E-state index contributed by atoms with van der Waals surface area (Å²) in [6.07, 6.45) is 1.78. The van der Waals surface area contributed by atoms with Gasteiger partial charge in [-0.25, -0.2) is 17.6 Å². The molecule has 160 valence electrons. The van der Waals surface area contributed by atoms with Gasteiger partial charge in [0.25, 0.3) is 15.9 Å². The minimum atomic E-state index is -4.35. The van der Waals surface area contributed by atoms with E-state index in [2.05, 4.69) is 4.72 Å². The summed E-state index contributed by atoms with van der Waals surface area (Å²) in [7, 11) is -4.35. The average molecular weight is 475 g/mol. The lowest BCUT2D eigenvalue weighted by atomic mass is 10.2. The first kappa shape index (κ1) is 22.3. The summed E-state index contributed by atoms with van der Waals surface area (Å²) in [4.78, 5) is 25.5. The van der Waals surface area contributed by atoms with Gasteiger partial charge in [0.1, 0.15) is 10.7 Å². The van der Waals surface area contributed by atoms with Crippen LogP contribution < -0.4 is 4.72 Å². The van der Waals surface area contributed by atoms with E-state index < -0.39 is 33.3 Å². The number of hydrogen-bond donors (Lipinski definition) is 1. The van der Waals surface area contributed by atoms with E-state index in [0.29, 0.717) is 13.1 Å². The van der Waals surface area contributed by atoms with Crippen molar-refractivity contribution in [1.82, 2.24) is 4.90 Å². The molecule has 1 amide bonds. The Morgan fingerprint density at radius 3 is 2.43 bits per heavy atom. The molecule has 0 saturated carbocycles. The number of halogens is 3. The number of nitrogens with one attached hydrogen (secondary N) is 1. The second-order valence-electron chi connectivity index (χ2n) is 6.51. The number of carbonyl (C=O) groups excluding carboxylic acids is 2. The molecule has 30 heavy (non-hydrogen) atoms. The van der Waals surface area contributed by atoms with Crippen LogP contribution in [0.25, 0.3) is 0 Å². The quantitative estimate of drug-likeness (QED) is 0.644. The summed E-state index contributed by atoms with van der Waals surface area (Å²) in [6.45, 7) is 0.706. The summed E-state index contributed by atoms with van der Waals surface area (Å²) in [5.41, 5.74) is -0.576. The van der Waals surface area contributed by atoms with E-state index in [4.69, 9.17) is 27.9 Å². The first-order valence-corrected chi connectivity index (χ1v) is 11.1. The Morgan fingerprint density at radius 2 is 1.77 bits per heavy atom. The molecule has 3 rings (SSSR count). The SMILES string of the molecule is O=C(OCC(=O)N1CCCC1)c1cc(S(=O)(=O)Nc2ccccc2F)c(Cl)cc1Cl. The Labute approximate surface area is 182 Å². The van der Waals surface area contributed by atoms with Crippen molar-refractivity contribution in [3.05, 3.63) is 57.8 Å². The van der Waals surface area contributed by atoms with Crippen molar-refractivity contribution in [2.75, 3.05) is 24.4 Å². The number of anilines is 1. The van der Waals surface area contributed by atoms with Gasteiger partial charge in [0.2, 0.25) is 0 Å². The number of para-hydroxylation sites is 1. The molecule has 0 unspecified atom stereocenters. The number of sulfonamides is 1. The number of rotatable bonds is 6. The second kappa shape index (κ2) is 9.20. The molecule has 0 spiro atoms. The van der Waals surface area contributed by atoms with E-state index in [1.807, 2.05) is 0 Å². The molecule has 0 atom stereocenters. The van der Waals surface area contributed by atoms with Crippen LogP contribution in [-0.2, 0) is 19.6 Å². The highest BCUT2D eigenvalue weighted by Crippen LogP contribution is 2.31. The van der Waals surface area contributed by atoms with Gasteiger partial charge in [0.15, 0.2) is 6.61 Å². The van der Waals surface area contributed by atoms with E-state index in [9.17, 15) is 22.4 Å². The Bertz CT molecular complexity index is 1090. The number of hydrogen-bond acceptors (Lipinski definition) is 5. The number of benzene rings is 2. The zero-order valence-electron chi connectivity index (χ0n) is 15.5. The number of likely N-dealkylation sites (tertiary alicyclic amines) is 1. The van der Waals surface area contributed by atoms with Crippen LogP contribution in [0.15, 0.2) is 41.3 Å². The highest BCUT2D eigenvalue weighted by atomic mass is 35.5. The van der Waals surface area contributed by atoms with Crippen LogP contribution in [0.3, 0.4) is 0 Å². The lowest BCUT2D eigenvalue weighted by Crippen LogP contribution is -2.32. The molecule has 2 aromatic rings. The minimum Gasteiger partial charge on any atom is -0.452 e. The van der Waals surface area contributed by atoms with Crippen LogP contribution in [0.1, 0.15) is 23.2 Å². The predicted octanol–water partition coefficient (Wildman–Crippen LogP) is 3.71. The fourth-order valence-electron chi connectivity index (χ4n) is 2.90. The van der Waals surface area contributed by atoms with Gasteiger partial charge in [-0.1, -0.05) is 35.3 Å². The van der Waals surface area contributed by atoms with Crippen LogP contribution in [0, 0.1) is 5.82 Å². The van der Waals surface area contributed by atoms with Crippen LogP contribution in [0.2, 0.25) is 10.0 Å². The van der Waals surface area contributed by atoms with Crippen molar-refractivity contribution < 1.29 is 27.1 Å². The molecular formula is C19H17Cl2FN2O5S. The molecule has 2 aromatic carbocycles. The van der Waals surface area contributed by atoms with Gasteiger partial charge in [-0.3, -0.25) is 9.52 Å². The van der Waals surface area contributed by atoms with Crippen LogP contribution >= 0.6 is 23.2 Å². The van der Waals surface area contributed by atoms with Gasteiger partial charge in [-0.2, -0.15) is 0 Å². The maximum atomic E-state index is 13.8. The molecule has 11 heteroatoms. The molecule has 1 aliphatic rings. The van der Waals surface area contributed by atoms with Gasteiger partial charge in [-0.15, -0.1) is 0 Å². The number of ether oxygens (including phenoxy) is 1. The standard InChI is InChI=1S/C19H17Cl2FN2O5S/c20-13-10-14(21)17(30(27,28)23-16-6-2-1-5-15(16)22)9-12(13)19(26)29-11-18(25)24-7-3-4-8-24/h1-2,5-6,9-10,23H,3-4,7-8,11H2. The summed E-state index contributed by atoms with van der Waals surface area (Å²) < 4.78 is 46.3. The maximum absolute atomic E-state index is 13.8. The van der Waals surface area contributed by atoms with E-state index in [1.54, 1.807) is 4.90 Å². The summed E-state index contributed by atoms with van der Waals surface area (Å²) in [5, 5.41) is -0.419. The smallest absolute Gasteiger partial charge is 0.340 e. The summed E-state index contributed by atoms with van der Waals surface area (Å²) >= 11 is 12.0. The third-order valence-corrected chi connectivity index (χ3v) is 6.58. The molecule has 1 saturated heterocycles. The third-order valence-electron chi connectivity index (χ3n) is 4.43. The first-order chi connectivity index (χ1) is 14.2. The van der Waals surface area contributed by atoms with Crippen molar-refractivity contribution in [2.24, 2.45) is 0 Å². The molecular weight excluding hydrogens is 458 g/mol.